The van der Waals surface area contributed by atoms with Crippen LogP contribution in [0.15, 0.2) is 11.0 Å². The maximum atomic E-state index is 13.4. The SMILES string of the molecule is Cc1cc(C)c(C)c(S(=O)(=O)N2CSCC2C(=O)NC(C)(C)C)c1C. The molecule has 1 aromatic carbocycles. The summed E-state index contributed by atoms with van der Waals surface area (Å²) in [6.07, 6.45) is 0. The summed E-state index contributed by atoms with van der Waals surface area (Å²) in [5.41, 5.74) is 3.02. The Morgan fingerprint density at radius 1 is 1.16 bits per heavy atom. The zero-order chi connectivity index (χ0) is 19.2. The summed E-state index contributed by atoms with van der Waals surface area (Å²) >= 11 is 1.47. The number of nitrogens with one attached hydrogen (secondary N) is 1. The standard InChI is InChI=1S/C18H28N2O3S2/c1-11-8-12(2)14(4)16(13(11)3)25(22,23)20-10-24-9-15(20)17(21)19-18(5,6)7/h8,15H,9-10H2,1-7H3,(H,19,21). The van der Waals surface area contributed by atoms with Crippen molar-refractivity contribution in [3.05, 3.63) is 28.3 Å². The fourth-order valence-electron chi connectivity index (χ4n) is 3.01. The number of sulfonamides is 1. The minimum absolute atomic E-state index is 0.235. The van der Waals surface area contributed by atoms with Crippen molar-refractivity contribution in [2.24, 2.45) is 0 Å². The van der Waals surface area contributed by atoms with E-state index in [1.54, 1.807) is 0 Å². The van der Waals surface area contributed by atoms with E-state index in [1.807, 2.05) is 54.5 Å². The van der Waals surface area contributed by atoms with Gasteiger partial charge in [0.1, 0.15) is 6.04 Å². The Bertz CT molecular complexity index is 769. The molecule has 0 aliphatic carbocycles. The Hall–Kier alpha value is -1.05. The minimum atomic E-state index is -3.74. The van der Waals surface area contributed by atoms with Gasteiger partial charge in [0, 0.05) is 11.3 Å². The highest BCUT2D eigenvalue weighted by molar-refractivity contribution is 8.00. The second kappa shape index (κ2) is 6.93. The lowest BCUT2D eigenvalue weighted by atomic mass is 10.0. The first-order chi connectivity index (χ1) is 11.4. The average Bonchev–Trinajstić information content (AvgIpc) is 2.93. The van der Waals surface area contributed by atoms with Crippen molar-refractivity contribution < 1.29 is 13.2 Å². The second-order valence-corrected chi connectivity index (χ2v) is 10.6. The van der Waals surface area contributed by atoms with E-state index in [2.05, 4.69) is 5.32 Å². The van der Waals surface area contributed by atoms with E-state index < -0.39 is 21.6 Å². The molecule has 1 amide bonds. The molecular formula is C18H28N2O3S2. The number of carbonyl (C=O) groups excluding carboxylic acids is 1. The van der Waals surface area contributed by atoms with Gasteiger partial charge in [-0.1, -0.05) is 6.07 Å². The second-order valence-electron chi connectivity index (χ2n) is 7.74. The number of rotatable bonds is 3. The molecule has 0 saturated carbocycles. The number of amides is 1. The maximum absolute atomic E-state index is 13.4. The molecule has 0 aromatic heterocycles. The number of benzene rings is 1. The summed E-state index contributed by atoms with van der Waals surface area (Å²) < 4.78 is 28.1. The molecule has 0 radical (unpaired) electrons. The van der Waals surface area contributed by atoms with Gasteiger partial charge in [0.15, 0.2) is 0 Å². The Kier molecular flexibility index (Phi) is 5.62. The summed E-state index contributed by atoms with van der Waals surface area (Å²) in [5, 5.41) is 2.91. The lowest BCUT2D eigenvalue weighted by Crippen LogP contribution is -2.52. The highest BCUT2D eigenvalue weighted by atomic mass is 32.2. The molecule has 5 nitrogen and oxygen atoms in total. The van der Waals surface area contributed by atoms with Crippen LogP contribution in [-0.2, 0) is 14.8 Å². The van der Waals surface area contributed by atoms with Gasteiger partial charge < -0.3 is 5.32 Å². The van der Waals surface area contributed by atoms with Crippen molar-refractivity contribution in [1.82, 2.24) is 9.62 Å². The van der Waals surface area contributed by atoms with Crippen molar-refractivity contribution >= 4 is 27.7 Å². The monoisotopic (exact) mass is 384 g/mol. The summed E-state index contributed by atoms with van der Waals surface area (Å²) in [7, 11) is -3.74. The topological polar surface area (TPSA) is 66.5 Å². The van der Waals surface area contributed by atoms with Gasteiger partial charge in [-0.2, -0.15) is 4.31 Å². The molecule has 1 unspecified atom stereocenters. The third-order valence-corrected chi connectivity index (χ3v) is 7.81. The molecule has 1 atom stereocenters. The van der Waals surface area contributed by atoms with Gasteiger partial charge in [0.25, 0.3) is 0 Å². The van der Waals surface area contributed by atoms with E-state index in [4.69, 9.17) is 0 Å². The first-order valence-electron chi connectivity index (χ1n) is 8.35. The van der Waals surface area contributed by atoms with Gasteiger partial charge in [0.2, 0.25) is 15.9 Å². The van der Waals surface area contributed by atoms with Gasteiger partial charge in [-0.3, -0.25) is 4.79 Å². The largest absolute Gasteiger partial charge is 0.350 e. The predicted molar refractivity (Wildman–Crippen MR) is 103 cm³/mol. The van der Waals surface area contributed by atoms with Crippen molar-refractivity contribution in [2.75, 3.05) is 11.6 Å². The van der Waals surface area contributed by atoms with Crippen LogP contribution in [0, 0.1) is 27.7 Å². The molecule has 1 saturated heterocycles. The van der Waals surface area contributed by atoms with Gasteiger partial charge in [-0.25, -0.2) is 8.42 Å². The molecule has 1 aromatic rings. The van der Waals surface area contributed by atoms with E-state index in [-0.39, 0.29) is 5.91 Å². The molecule has 25 heavy (non-hydrogen) atoms. The Morgan fingerprint density at radius 3 is 2.16 bits per heavy atom. The Morgan fingerprint density at radius 2 is 1.68 bits per heavy atom. The molecule has 1 heterocycles. The first kappa shape index (κ1) is 20.3. The molecule has 140 valence electrons. The van der Waals surface area contributed by atoms with Crippen LogP contribution < -0.4 is 5.32 Å². The fourth-order valence-corrected chi connectivity index (χ4v) is 6.74. The lowest BCUT2D eigenvalue weighted by Gasteiger charge is -2.28. The molecule has 7 heteroatoms. The smallest absolute Gasteiger partial charge is 0.245 e. The number of hydrogen-bond donors (Lipinski definition) is 1. The molecule has 0 spiro atoms. The zero-order valence-corrected chi connectivity index (χ0v) is 17.7. The van der Waals surface area contributed by atoms with E-state index in [0.29, 0.717) is 16.5 Å². The number of hydrogen-bond acceptors (Lipinski definition) is 4. The quantitative estimate of drug-likeness (QED) is 0.870. The van der Waals surface area contributed by atoms with Gasteiger partial charge in [0.05, 0.1) is 10.8 Å². The normalized spacial score (nSPS) is 19.2. The van der Waals surface area contributed by atoms with E-state index in [0.717, 1.165) is 22.3 Å². The average molecular weight is 385 g/mol. The zero-order valence-electron chi connectivity index (χ0n) is 16.1. The molecule has 1 aliphatic heterocycles. The van der Waals surface area contributed by atoms with Crippen LogP contribution in [0.25, 0.3) is 0 Å². The van der Waals surface area contributed by atoms with Crippen LogP contribution in [0.3, 0.4) is 0 Å². The summed E-state index contributed by atoms with van der Waals surface area (Å²) in [6.45, 7) is 13.2. The molecule has 0 bridgehead atoms. The van der Waals surface area contributed by atoms with Crippen LogP contribution in [0.4, 0.5) is 0 Å². The van der Waals surface area contributed by atoms with Crippen molar-refractivity contribution in [1.29, 1.82) is 0 Å². The third kappa shape index (κ3) is 4.04. The number of carbonyl (C=O) groups is 1. The Balaban J connectivity index is 2.48. The van der Waals surface area contributed by atoms with Crippen molar-refractivity contribution in [2.45, 2.75) is 64.9 Å². The van der Waals surface area contributed by atoms with Gasteiger partial charge in [-0.15, -0.1) is 11.8 Å². The van der Waals surface area contributed by atoms with Crippen LogP contribution in [0.1, 0.15) is 43.0 Å². The van der Waals surface area contributed by atoms with Gasteiger partial charge >= 0.3 is 0 Å². The molecule has 1 N–H and O–H groups in total. The molecule has 2 rings (SSSR count). The molecule has 1 aliphatic rings. The lowest BCUT2D eigenvalue weighted by molar-refractivity contribution is -0.125. The van der Waals surface area contributed by atoms with Crippen LogP contribution >= 0.6 is 11.8 Å². The fraction of sp³-hybridized carbons (Fsp3) is 0.611. The van der Waals surface area contributed by atoms with E-state index in [1.165, 1.54) is 16.1 Å². The van der Waals surface area contributed by atoms with Crippen LogP contribution in [0.2, 0.25) is 0 Å². The van der Waals surface area contributed by atoms with E-state index in [9.17, 15) is 13.2 Å². The van der Waals surface area contributed by atoms with Crippen molar-refractivity contribution in [3.63, 3.8) is 0 Å². The van der Waals surface area contributed by atoms with Crippen molar-refractivity contribution in [3.8, 4) is 0 Å². The minimum Gasteiger partial charge on any atom is -0.350 e. The number of aryl methyl sites for hydroxylation is 2. The van der Waals surface area contributed by atoms with E-state index >= 15 is 0 Å². The molecular weight excluding hydrogens is 356 g/mol. The van der Waals surface area contributed by atoms with Crippen LogP contribution in [-0.4, -0.2) is 41.8 Å². The third-order valence-electron chi connectivity index (χ3n) is 4.51. The summed E-state index contributed by atoms with van der Waals surface area (Å²) in [4.78, 5) is 13.0. The predicted octanol–water partition coefficient (Wildman–Crippen LogP) is 2.90. The first-order valence-corrected chi connectivity index (χ1v) is 10.9. The maximum Gasteiger partial charge on any atom is 0.245 e. The number of nitrogens with zero attached hydrogens (tertiary/aromatic N) is 1. The van der Waals surface area contributed by atoms with Crippen LogP contribution in [0.5, 0.6) is 0 Å². The summed E-state index contributed by atoms with van der Waals surface area (Å²) in [5.74, 6) is 0.543. The number of thioether (sulfide) groups is 1. The highest BCUT2D eigenvalue weighted by Crippen LogP contribution is 2.34. The highest BCUT2D eigenvalue weighted by Gasteiger charge is 2.42. The Labute approximate surface area is 155 Å². The van der Waals surface area contributed by atoms with Gasteiger partial charge in [-0.05, 0) is 70.7 Å². The molecule has 1 fully saturated rings. The summed E-state index contributed by atoms with van der Waals surface area (Å²) in [6, 6.07) is 1.33.